The van der Waals surface area contributed by atoms with Crippen molar-refractivity contribution >= 4 is 72.7 Å². The predicted octanol–water partition coefficient (Wildman–Crippen LogP) is 3.61. The zero-order valence-corrected chi connectivity index (χ0v) is 38.8. The molecule has 5 aromatic rings. The summed E-state index contributed by atoms with van der Waals surface area (Å²) < 4.78 is 74.9. The average molecular weight is 973 g/mol. The maximum atomic E-state index is 15.7. The number of aliphatic hydroxyl groups is 1. The minimum absolute atomic E-state index is 0.0147. The lowest BCUT2D eigenvalue weighted by atomic mass is 9.85. The van der Waals surface area contributed by atoms with Gasteiger partial charge in [-0.3, -0.25) is 38.6 Å². The molecule has 4 saturated heterocycles. The van der Waals surface area contributed by atoms with Crippen LogP contribution in [0.1, 0.15) is 63.5 Å². The minimum atomic E-state index is -4.08. The van der Waals surface area contributed by atoms with E-state index in [9.17, 15) is 38.0 Å². The Bertz CT molecular complexity index is 3140. The highest BCUT2D eigenvalue weighted by molar-refractivity contribution is 7.90. The SMILES string of the molecule is CCN(C)S(=O)(=O)Nc1ccc(F)c(Oc2ccc3ncn([C@H]4COC5(CCN(C(=O)CC6(O)CCN(c7cc8c(cc7F)c(N7CCC(=O)NC7=O)nn8C)CC6)CC5)C4)c(=O)c3c2N)c1C#N. The molecule has 4 amide bonds. The van der Waals surface area contributed by atoms with E-state index in [1.807, 2.05) is 4.90 Å². The van der Waals surface area contributed by atoms with Crippen LogP contribution in [0.4, 0.5) is 36.5 Å². The van der Waals surface area contributed by atoms with Crippen molar-refractivity contribution in [3.8, 4) is 17.6 Å². The number of ether oxygens (including phenoxy) is 2. The van der Waals surface area contributed by atoms with Crippen molar-refractivity contribution in [3.63, 3.8) is 0 Å². The Morgan fingerprint density at radius 2 is 1.83 bits per heavy atom. The Morgan fingerprint density at radius 3 is 2.52 bits per heavy atom. The van der Waals surface area contributed by atoms with Gasteiger partial charge in [-0.15, -0.1) is 0 Å². The van der Waals surface area contributed by atoms with Crippen molar-refractivity contribution in [3.05, 3.63) is 70.3 Å². The van der Waals surface area contributed by atoms with E-state index in [1.165, 1.54) is 41.0 Å². The summed E-state index contributed by atoms with van der Waals surface area (Å²) in [5.41, 5.74) is 4.31. The van der Waals surface area contributed by atoms with Crippen LogP contribution in [-0.4, -0.2) is 124 Å². The molecular formula is C45H50F2N12O9S. The quantitative estimate of drug-likeness (QED) is 0.138. The molecule has 3 aromatic carbocycles. The summed E-state index contributed by atoms with van der Waals surface area (Å²) in [5.74, 6) is -2.62. The average Bonchev–Trinajstić information content (AvgIpc) is 3.87. The fraction of sp³-hybridized carbons (Fsp3) is 0.444. The lowest BCUT2D eigenvalue weighted by molar-refractivity contribution is -0.142. The first-order chi connectivity index (χ1) is 32.8. The molecule has 1 spiro atoms. The zero-order valence-electron chi connectivity index (χ0n) is 38.0. The topological polar surface area (TPSA) is 264 Å². The Hall–Kier alpha value is -6.94. The lowest BCUT2D eigenvalue weighted by Crippen LogP contribution is -2.51. The minimum Gasteiger partial charge on any atom is -0.451 e. The van der Waals surface area contributed by atoms with Gasteiger partial charge in [-0.05, 0) is 68.5 Å². The molecule has 0 bridgehead atoms. The number of fused-ring (bicyclic) bond motifs is 2. The van der Waals surface area contributed by atoms with Crippen LogP contribution in [0.15, 0.2) is 47.5 Å². The number of nitrogens with zero attached hydrogens (tertiary/aromatic N) is 9. The number of hydrogen-bond acceptors (Lipinski definition) is 14. The molecule has 2 aromatic heterocycles. The highest BCUT2D eigenvalue weighted by atomic mass is 32.2. The number of anilines is 4. The highest BCUT2D eigenvalue weighted by Crippen LogP contribution is 2.43. The van der Waals surface area contributed by atoms with E-state index in [4.69, 9.17) is 15.2 Å². The van der Waals surface area contributed by atoms with Gasteiger partial charge < -0.3 is 30.1 Å². The summed E-state index contributed by atoms with van der Waals surface area (Å²) in [6.45, 7) is 3.32. The number of benzene rings is 3. The number of nitrogens with two attached hydrogens (primary N) is 1. The zero-order chi connectivity index (χ0) is 49.2. The first-order valence-electron chi connectivity index (χ1n) is 22.4. The Kier molecular flexibility index (Phi) is 12.2. The van der Waals surface area contributed by atoms with Gasteiger partial charge in [0.15, 0.2) is 23.1 Å². The van der Waals surface area contributed by atoms with Crippen molar-refractivity contribution in [1.82, 2.24) is 33.9 Å². The molecule has 6 heterocycles. The van der Waals surface area contributed by atoms with Crippen LogP contribution in [0, 0.1) is 23.0 Å². The molecule has 69 heavy (non-hydrogen) atoms. The number of carbonyl (C=O) groups is 3. The van der Waals surface area contributed by atoms with Gasteiger partial charge in [0.1, 0.15) is 17.4 Å². The van der Waals surface area contributed by atoms with Gasteiger partial charge in [-0.1, -0.05) is 6.92 Å². The molecule has 4 fully saturated rings. The number of piperidine rings is 2. The first-order valence-corrected chi connectivity index (χ1v) is 23.9. The Balaban J connectivity index is 0.825. The maximum Gasteiger partial charge on any atom is 0.329 e. The second kappa shape index (κ2) is 17.9. The van der Waals surface area contributed by atoms with Crippen LogP contribution >= 0.6 is 0 Å². The summed E-state index contributed by atoms with van der Waals surface area (Å²) in [5, 5.41) is 28.7. The fourth-order valence-corrected chi connectivity index (χ4v) is 10.6. The van der Waals surface area contributed by atoms with Gasteiger partial charge in [0.05, 0.1) is 70.1 Å². The van der Waals surface area contributed by atoms with Gasteiger partial charge in [-0.2, -0.15) is 23.1 Å². The van der Waals surface area contributed by atoms with E-state index < -0.39 is 67.9 Å². The third-order valence-electron chi connectivity index (χ3n) is 13.8. The molecule has 9 rings (SSSR count). The number of likely N-dealkylation sites (tertiary alicyclic amines) is 1. The maximum absolute atomic E-state index is 15.7. The smallest absolute Gasteiger partial charge is 0.329 e. The monoisotopic (exact) mass is 972 g/mol. The number of urea groups is 1. The fourth-order valence-electron chi connectivity index (χ4n) is 9.63. The van der Waals surface area contributed by atoms with Crippen molar-refractivity contribution in [2.24, 2.45) is 7.05 Å². The second-order valence-electron chi connectivity index (χ2n) is 18.0. The van der Waals surface area contributed by atoms with E-state index in [-0.39, 0.29) is 98.2 Å². The van der Waals surface area contributed by atoms with Crippen molar-refractivity contribution in [2.45, 2.75) is 69.1 Å². The van der Waals surface area contributed by atoms with Gasteiger partial charge in [0.25, 0.3) is 5.56 Å². The van der Waals surface area contributed by atoms with Crippen LogP contribution in [0.3, 0.4) is 0 Å². The second-order valence-corrected chi connectivity index (χ2v) is 19.8. The van der Waals surface area contributed by atoms with E-state index in [1.54, 1.807) is 35.7 Å². The van der Waals surface area contributed by atoms with E-state index in [0.717, 1.165) is 16.4 Å². The van der Waals surface area contributed by atoms with E-state index in [2.05, 4.69) is 20.1 Å². The number of amides is 4. The standard InChI is InChI=1S/C45H50F2N12O9S/c1-4-54(2)69(65,66)53-31-6-5-29(46)40(28(31)23-48)68-35-8-7-32-38(39(35)49)42(62)59(25-50-32)26-21-45(67-24-26)12-17-57(18-13-45)37(61)22-44(64)10-15-56(16-11-44)34-20-33-27(19-30(34)47)41(52-55(33)3)58-14-9-36(60)51-43(58)63/h5-8,19-20,25-26,53,64H,4,9-18,21-22,24,49H2,1-3H3,(H,51,60,63)/t26-/m1/s1. The Labute approximate surface area is 394 Å². The van der Waals surface area contributed by atoms with Gasteiger partial charge in [0.2, 0.25) is 11.8 Å². The van der Waals surface area contributed by atoms with Gasteiger partial charge in [-0.25, -0.2) is 18.6 Å². The molecular weight excluding hydrogens is 923 g/mol. The lowest BCUT2D eigenvalue weighted by Gasteiger charge is -2.42. The largest absolute Gasteiger partial charge is 0.451 e. The van der Waals surface area contributed by atoms with Gasteiger partial charge >= 0.3 is 16.2 Å². The third-order valence-corrected chi connectivity index (χ3v) is 15.4. The predicted molar refractivity (Wildman–Crippen MR) is 248 cm³/mol. The molecule has 0 aliphatic carbocycles. The summed E-state index contributed by atoms with van der Waals surface area (Å²) in [4.78, 5) is 61.3. The summed E-state index contributed by atoms with van der Waals surface area (Å²) in [6, 6.07) is 8.57. The Morgan fingerprint density at radius 1 is 1.09 bits per heavy atom. The summed E-state index contributed by atoms with van der Waals surface area (Å²) >= 11 is 0. The van der Waals surface area contributed by atoms with Crippen LogP contribution in [0.25, 0.3) is 21.8 Å². The van der Waals surface area contributed by atoms with E-state index in [0.29, 0.717) is 48.9 Å². The highest BCUT2D eigenvalue weighted by Gasteiger charge is 2.45. The van der Waals surface area contributed by atoms with Crippen LogP contribution in [0.5, 0.6) is 11.5 Å². The molecule has 4 aliphatic rings. The van der Waals surface area contributed by atoms with E-state index >= 15 is 8.78 Å². The first kappa shape index (κ1) is 47.1. The number of halogens is 2. The van der Waals surface area contributed by atoms with Crippen LogP contribution in [-0.2, 0) is 31.6 Å². The number of aryl methyl sites for hydroxylation is 1. The normalized spacial score (nSPS) is 19.4. The number of nitriles is 1. The van der Waals surface area contributed by atoms with Crippen LogP contribution < -0.4 is 35.9 Å². The number of nitrogens with one attached hydrogen (secondary N) is 2. The molecule has 364 valence electrons. The molecule has 0 radical (unpaired) electrons. The molecule has 0 unspecified atom stereocenters. The molecule has 4 aliphatic heterocycles. The number of aromatic nitrogens is 4. The van der Waals surface area contributed by atoms with Crippen molar-refractivity contribution in [2.75, 3.05) is 73.2 Å². The van der Waals surface area contributed by atoms with Gasteiger partial charge in [0, 0.05) is 65.2 Å². The molecule has 5 N–H and O–H groups in total. The number of carbonyl (C=O) groups excluding carboxylic acids is 3. The molecule has 21 nitrogen and oxygen atoms in total. The molecule has 1 atom stereocenters. The van der Waals surface area contributed by atoms with Crippen molar-refractivity contribution in [1.29, 1.82) is 5.26 Å². The number of hydrogen-bond donors (Lipinski definition) is 4. The van der Waals surface area contributed by atoms with Crippen LogP contribution in [0.2, 0.25) is 0 Å². The third kappa shape index (κ3) is 8.75. The number of imide groups is 1. The number of nitrogen functional groups attached to an aromatic ring is 1. The molecule has 24 heteroatoms. The van der Waals surface area contributed by atoms with Crippen molar-refractivity contribution < 1.29 is 46.2 Å². The molecule has 0 saturated carbocycles. The summed E-state index contributed by atoms with van der Waals surface area (Å²) in [6.07, 6.45) is 3.22. The number of rotatable bonds is 11. The summed E-state index contributed by atoms with van der Waals surface area (Å²) in [7, 11) is -1.07.